The number of aliphatic imine (C=N–C) groups is 1. The molecule has 7 heteroatoms. The third kappa shape index (κ3) is 4.36. The zero-order chi connectivity index (χ0) is 18.4. The quantitative estimate of drug-likeness (QED) is 0.547. The van der Waals surface area contributed by atoms with Crippen molar-refractivity contribution in [2.45, 2.75) is 18.3 Å². The molecule has 0 radical (unpaired) electrons. The maximum Gasteiger partial charge on any atom is 0.243 e. The van der Waals surface area contributed by atoms with E-state index in [2.05, 4.69) is 25.9 Å². The standard InChI is InChI=1S/C19H22FN5O/c1-21-18(23-12-17(26)25-14-5-4-10-22-11-14)24-13-19(8-9-19)15-6-2-3-7-16(15)20/h2-7,10-11H,8-9,12-13H2,1H3,(H,25,26)(H2,21,23,24). The molecule has 6 nitrogen and oxygen atoms in total. The van der Waals surface area contributed by atoms with Crippen LogP contribution in [0, 0.1) is 5.82 Å². The number of amides is 1. The number of pyridine rings is 1. The maximum atomic E-state index is 14.1. The van der Waals surface area contributed by atoms with Gasteiger partial charge in [0, 0.05) is 25.2 Å². The van der Waals surface area contributed by atoms with Gasteiger partial charge in [-0.05, 0) is 36.6 Å². The lowest BCUT2D eigenvalue weighted by Crippen LogP contribution is -2.44. The zero-order valence-electron chi connectivity index (χ0n) is 14.6. The Morgan fingerprint density at radius 1 is 1.23 bits per heavy atom. The molecule has 3 rings (SSSR count). The molecular formula is C19H22FN5O. The predicted octanol–water partition coefficient (Wildman–Crippen LogP) is 2.06. The van der Waals surface area contributed by atoms with Crippen LogP contribution in [0.25, 0.3) is 0 Å². The molecule has 1 aliphatic rings. The number of carbonyl (C=O) groups is 1. The fourth-order valence-electron chi connectivity index (χ4n) is 2.86. The SMILES string of the molecule is CN=C(NCC(=O)Nc1cccnc1)NCC1(c2ccccc2F)CC1. The average molecular weight is 355 g/mol. The molecule has 1 aliphatic carbocycles. The fraction of sp³-hybridized carbons (Fsp3) is 0.316. The lowest BCUT2D eigenvalue weighted by molar-refractivity contribution is -0.115. The van der Waals surface area contributed by atoms with Crippen LogP contribution < -0.4 is 16.0 Å². The molecule has 0 bridgehead atoms. The molecule has 1 heterocycles. The number of aromatic nitrogens is 1. The van der Waals surface area contributed by atoms with E-state index in [9.17, 15) is 9.18 Å². The number of nitrogens with one attached hydrogen (secondary N) is 3. The summed E-state index contributed by atoms with van der Waals surface area (Å²) < 4.78 is 14.1. The number of nitrogens with zero attached hydrogens (tertiary/aromatic N) is 2. The van der Waals surface area contributed by atoms with E-state index in [1.54, 1.807) is 37.6 Å². The number of guanidine groups is 1. The summed E-state index contributed by atoms with van der Waals surface area (Å²) in [6.07, 6.45) is 5.08. The van der Waals surface area contributed by atoms with Gasteiger partial charge in [0.2, 0.25) is 5.91 Å². The second-order valence-electron chi connectivity index (χ2n) is 6.33. The first kappa shape index (κ1) is 17.8. The summed E-state index contributed by atoms with van der Waals surface area (Å²) >= 11 is 0. The molecule has 26 heavy (non-hydrogen) atoms. The smallest absolute Gasteiger partial charge is 0.243 e. The Balaban J connectivity index is 1.50. The van der Waals surface area contributed by atoms with Gasteiger partial charge in [-0.25, -0.2) is 4.39 Å². The molecule has 0 atom stereocenters. The van der Waals surface area contributed by atoms with Crippen molar-refractivity contribution in [3.8, 4) is 0 Å². The van der Waals surface area contributed by atoms with Crippen molar-refractivity contribution in [2.24, 2.45) is 4.99 Å². The molecule has 0 unspecified atom stereocenters. The van der Waals surface area contributed by atoms with Gasteiger partial charge in [0.05, 0.1) is 18.4 Å². The van der Waals surface area contributed by atoms with Crippen molar-refractivity contribution in [2.75, 3.05) is 25.5 Å². The highest BCUT2D eigenvalue weighted by molar-refractivity contribution is 5.94. The van der Waals surface area contributed by atoms with E-state index in [-0.39, 0.29) is 23.7 Å². The van der Waals surface area contributed by atoms with Crippen LogP contribution in [0.15, 0.2) is 53.8 Å². The number of hydrogen-bond donors (Lipinski definition) is 3. The van der Waals surface area contributed by atoms with Crippen LogP contribution in [0.5, 0.6) is 0 Å². The van der Waals surface area contributed by atoms with Crippen LogP contribution in [0.1, 0.15) is 18.4 Å². The predicted molar refractivity (Wildman–Crippen MR) is 99.5 cm³/mol. The van der Waals surface area contributed by atoms with E-state index < -0.39 is 0 Å². The highest BCUT2D eigenvalue weighted by Gasteiger charge is 2.45. The van der Waals surface area contributed by atoms with Gasteiger partial charge in [-0.2, -0.15) is 0 Å². The van der Waals surface area contributed by atoms with Crippen LogP contribution in [0.2, 0.25) is 0 Å². The van der Waals surface area contributed by atoms with Crippen molar-refractivity contribution in [1.82, 2.24) is 15.6 Å². The highest BCUT2D eigenvalue weighted by atomic mass is 19.1. The Hall–Kier alpha value is -2.96. The Kier molecular flexibility index (Phi) is 5.46. The number of benzene rings is 1. The molecule has 1 aromatic heterocycles. The van der Waals surface area contributed by atoms with Crippen molar-refractivity contribution in [1.29, 1.82) is 0 Å². The van der Waals surface area contributed by atoms with Crippen molar-refractivity contribution < 1.29 is 9.18 Å². The summed E-state index contributed by atoms with van der Waals surface area (Å²) in [5.74, 6) is 0.135. The van der Waals surface area contributed by atoms with Crippen molar-refractivity contribution in [3.63, 3.8) is 0 Å². The fourth-order valence-corrected chi connectivity index (χ4v) is 2.86. The van der Waals surface area contributed by atoms with Crippen LogP contribution in [-0.4, -0.2) is 37.0 Å². The average Bonchev–Trinajstić information content (AvgIpc) is 3.44. The van der Waals surface area contributed by atoms with E-state index in [0.29, 0.717) is 18.2 Å². The molecule has 1 fully saturated rings. The summed E-state index contributed by atoms with van der Waals surface area (Å²) in [5, 5.41) is 8.91. The van der Waals surface area contributed by atoms with Crippen LogP contribution >= 0.6 is 0 Å². The first-order chi connectivity index (χ1) is 12.6. The summed E-state index contributed by atoms with van der Waals surface area (Å²) in [5.41, 5.74) is 1.18. The first-order valence-corrected chi connectivity index (χ1v) is 8.52. The van der Waals surface area contributed by atoms with Gasteiger partial charge in [0.1, 0.15) is 5.82 Å². The number of rotatable bonds is 6. The van der Waals surface area contributed by atoms with Gasteiger partial charge in [0.15, 0.2) is 5.96 Å². The molecule has 1 saturated carbocycles. The highest BCUT2D eigenvalue weighted by Crippen LogP contribution is 2.48. The second kappa shape index (κ2) is 7.95. The van der Waals surface area contributed by atoms with E-state index >= 15 is 0 Å². The molecule has 3 N–H and O–H groups in total. The molecule has 0 aliphatic heterocycles. The lowest BCUT2D eigenvalue weighted by Gasteiger charge is -2.19. The summed E-state index contributed by atoms with van der Waals surface area (Å²) in [7, 11) is 1.64. The Labute approximate surface area is 151 Å². The lowest BCUT2D eigenvalue weighted by atomic mass is 9.95. The van der Waals surface area contributed by atoms with Crippen molar-refractivity contribution in [3.05, 3.63) is 60.2 Å². The molecule has 0 saturated heterocycles. The molecule has 1 amide bonds. The number of halogens is 1. The summed E-state index contributed by atoms with van der Waals surface area (Å²) in [4.78, 5) is 20.0. The van der Waals surface area contributed by atoms with E-state index in [0.717, 1.165) is 18.4 Å². The third-order valence-corrected chi connectivity index (χ3v) is 4.48. The van der Waals surface area contributed by atoms with E-state index in [1.807, 2.05) is 12.1 Å². The van der Waals surface area contributed by atoms with Crippen LogP contribution in [0.3, 0.4) is 0 Å². The van der Waals surface area contributed by atoms with E-state index in [4.69, 9.17) is 0 Å². The van der Waals surface area contributed by atoms with Gasteiger partial charge >= 0.3 is 0 Å². The topological polar surface area (TPSA) is 78.4 Å². The molecular weight excluding hydrogens is 333 g/mol. The van der Waals surface area contributed by atoms with Crippen LogP contribution in [-0.2, 0) is 10.2 Å². The zero-order valence-corrected chi connectivity index (χ0v) is 14.6. The van der Waals surface area contributed by atoms with Gasteiger partial charge in [-0.3, -0.25) is 14.8 Å². The molecule has 136 valence electrons. The monoisotopic (exact) mass is 355 g/mol. The number of carbonyl (C=O) groups excluding carboxylic acids is 1. The minimum absolute atomic E-state index is 0.0707. The summed E-state index contributed by atoms with van der Waals surface area (Å²) in [6, 6.07) is 10.4. The Morgan fingerprint density at radius 3 is 2.69 bits per heavy atom. The van der Waals surface area contributed by atoms with Gasteiger partial charge in [0.25, 0.3) is 0 Å². The van der Waals surface area contributed by atoms with Crippen LogP contribution in [0.4, 0.5) is 10.1 Å². The second-order valence-corrected chi connectivity index (χ2v) is 6.33. The normalized spacial score (nSPS) is 15.2. The first-order valence-electron chi connectivity index (χ1n) is 8.52. The van der Waals surface area contributed by atoms with Gasteiger partial charge in [-0.1, -0.05) is 18.2 Å². The third-order valence-electron chi connectivity index (χ3n) is 4.48. The van der Waals surface area contributed by atoms with Gasteiger partial charge < -0.3 is 16.0 Å². The Morgan fingerprint density at radius 2 is 2.04 bits per heavy atom. The Bertz CT molecular complexity index is 790. The minimum atomic E-state index is -0.198. The van der Waals surface area contributed by atoms with Crippen molar-refractivity contribution >= 4 is 17.6 Å². The summed E-state index contributed by atoms with van der Waals surface area (Å²) in [6.45, 7) is 0.638. The number of anilines is 1. The molecule has 1 aromatic carbocycles. The maximum absolute atomic E-state index is 14.1. The van der Waals surface area contributed by atoms with E-state index in [1.165, 1.54) is 6.07 Å². The molecule has 0 spiro atoms. The largest absolute Gasteiger partial charge is 0.356 e. The van der Waals surface area contributed by atoms with Gasteiger partial charge in [-0.15, -0.1) is 0 Å². The molecule has 2 aromatic rings. The minimum Gasteiger partial charge on any atom is -0.356 e. The number of hydrogen-bond acceptors (Lipinski definition) is 3.